The number of hydrogen-bond acceptors (Lipinski definition) is 3. The molecule has 0 spiro atoms. The molecule has 2 heterocycles. The van der Waals surface area contributed by atoms with Crippen LogP contribution in [0.3, 0.4) is 0 Å². The summed E-state index contributed by atoms with van der Waals surface area (Å²) < 4.78 is 4.92. The fourth-order valence-corrected chi connectivity index (χ4v) is 2.02. The van der Waals surface area contributed by atoms with Crippen molar-refractivity contribution in [2.24, 2.45) is 0 Å². The van der Waals surface area contributed by atoms with Gasteiger partial charge in [0.15, 0.2) is 0 Å². The molecule has 1 N–H and O–H groups in total. The van der Waals surface area contributed by atoms with Crippen molar-refractivity contribution < 1.29 is 9.52 Å². The third kappa shape index (κ3) is 1.53. The number of thiophene rings is 1. The molecule has 0 aromatic carbocycles. The molecule has 68 valence electrons. The van der Waals surface area contributed by atoms with E-state index in [0.717, 1.165) is 16.0 Å². The predicted molar refractivity (Wildman–Crippen MR) is 51.8 cm³/mol. The van der Waals surface area contributed by atoms with Crippen LogP contribution in [0.2, 0.25) is 0 Å². The molecule has 13 heavy (non-hydrogen) atoms. The van der Waals surface area contributed by atoms with Crippen molar-refractivity contribution >= 4 is 11.3 Å². The zero-order valence-corrected chi connectivity index (χ0v) is 8.04. The van der Waals surface area contributed by atoms with Gasteiger partial charge in [-0.05, 0) is 30.0 Å². The summed E-state index contributed by atoms with van der Waals surface area (Å²) in [7, 11) is 0. The number of aliphatic hydroxyl groups is 1. The van der Waals surface area contributed by atoms with E-state index in [1.54, 1.807) is 29.9 Å². The Labute approximate surface area is 80.4 Å². The molecule has 0 bridgehead atoms. The average molecular weight is 194 g/mol. The van der Waals surface area contributed by atoms with E-state index in [2.05, 4.69) is 0 Å². The van der Waals surface area contributed by atoms with Crippen LogP contribution >= 0.6 is 11.3 Å². The third-order valence-corrected chi connectivity index (χ3v) is 2.91. The minimum Gasteiger partial charge on any atom is -0.472 e. The molecule has 2 rings (SSSR count). The van der Waals surface area contributed by atoms with Crippen LogP contribution in [0.15, 0.2) is 34.5 Å². The van der Waals surface area contributed by atoms with Gasteiger partial charge in [-0.25, -0.2) is 0 Å². The van der Waals surface area contributed by atoms with Gasteiger partial charge >= 0.3 is 0 Å². The minimum absolute atomic E-state index is 0.551. The van der Waals surface area contributed by atoms with Crippen molar-refractivity contribution in [1.82, 2.24) is 0 Å². The highest BCUT2D eigenvalue weighted by atomic mass is 32.1. The summed E-state index contributed by atoms with van der Waals surface area (Å²) in [5.41, 5.74) is 1.77. The van der Waals surface area contributed by atoms with Crippen LogP contribution in [0.25, 0.3) is 0 Å². The highest BCUT2D eigenvalue weighted by Gasteiger charge is 2.14. The minimum atomic E-state index is -0.551. The fraction of sp³-hybridized carbons (Fsp3) is 0.200. The normalized spacial score (nSPS) is 13.1. The number of furan rings is 1. The SMILES string of the molecule is Cc1sccc1C(O)c1ccoc1. The van der Waals surface area contributed by atoms with Crippen LogP contribution in [-0.4, -0.2) is 5.11 Å². The van der Waals surface area contributed by atoms with Crippen molar-refractivity contribution in [3.05, 3.63) is 46.0 Å². The van der Waals surface area contributed by atoms with E-state index in [1.165, 1.54) is 0 Å². The second kappa shape index (κ2) is 3.36. The van der Waals surface area contributed by atoms with Gasteiger partial charge in [-0.2, -0.15) is 0 Å². The van der Waals surface area contributed by atoms with E-state index in [-0.39, 0.29) is 0 Å². The lowest BCUT2D eigenvalue weighted by atomic mass is 10.1. The first-order valence-corrected chi connectivity index (χ1v) is 4.91. The van der Waals surface area contributed by atoms with Crippen LogP contribution < -0.4 is 0 Å². The Morgan fingerprint density at radius 3 is 2.85 bits per heavy atom. The molecule has 0 amide bonds. The average Bonchev–Trinajstić information content (AvgIpc) is 2.72. The van der Waals surface area contributed by atoms with Crippen LogP contribution in [0, 0.1) is 6.92 Å². The summed E-state index contributed by atoms with van der Waals surface area (Å²) in [5, 5.41) is 11.9. The maximum Gasteiger partial charge on any atom is 0.108 e. The molecule has 0 saturated heterocycles. The first kappa shape index (κ1) is 8.53. The lowest BCUT2D eigenvalue weighted by molar-refractivity contribution is 0.219. The Kier molecular flexibility index (Phi) is 2.20. The molecule has 2 aromatic heterocycles. The van der Waals surface area contributed by atoms with Crippen LogP contribution in [-0.2, 0) is 0 Å². The molecule has 0 saturated carbocycles. The molecule has 1 atom stereocenters. The van der Waals surface area contributed by atoms with Gasteiger partial charge in [0.05, 0.1) is 12.5 Å². The first-order chi connectivity index (χ1) is 6.29. The lowest BCUT2D eigenvalue weighted by Gasteiger charge is -2.06. The quantitative estimate of drug-likeness (QED) is 0.797. The summed E-state index contributed by atoms with van der Waals surface area (Å²) in [5.74, 6) is 0. The Bertz CT molecular complexity index is 375. The summed E-state index contributed by atoms with van der Waals surface area (Å²) in [4.78, 5) is 1.15. The standard InChI is InChI=1S/C10H10O2S/c1-7-9(3-5-13-7)10(11)8-2-4-12-6-8/h2-6,10-11H,1H3. The van der Waals surface area contributed by atoms with E-state index in [0.29, 0.717) is 0 Å². The molecule has 0 aliphatic rings. The van der Waals surface area contributed by atoms with Gasteiger partial charge in [-0.15, -0.1) is 11.3 Å². The van der Waals surface area contributed by atoms with Gasteiger partial charge < -0.3 is 9.52 Å². The highest BCUT2D eigenvalue weighted by molar-refractivity contribution is 7.10. The molecule has 0 aliphatic carbocycles. The molecule has 2 nitrogen and oxygen atoms in total. The van der Waals surface area contributed by atoms with Crippen molar-refractivity contribution in [2.75, 3.05) is 0 Å². The molecule has 0 radical (unpaired) electrons. The summed E-state index contributed by atoms with van der Waals surface area (Å²) >= 11 is 1.64. The number of rotatable bonds is 2. The van der Waals surface area contributed by atoms with Crippen molar-refractivity contribution in [3.8, 4) is 0 Å². The fourth-order valence-electron chi connectivity index (χ4n) is 1.29. The number of aliphatic hydroxyl groups excluding tert-OH is 1. The van der Waals surface area contributed by atoms with E-state index < -0.39 is 6.10 Å². The third-order valence-electron chi connectivity index (χ3n) is 2.05. The van der Waals surface area contributed by atoms with Crippen molar-refractivity contribution in [2.45, 2.75) is 13.0 Å². The molecule has 0 aliphatic heterocycles. The zero-order valence-electron chi connectivity index (χ0n) is 7.23. The predicted octanol–water partition coefficient (Wildman–Crippen LogP) is 2.73. The van der Waals surface area contributed by atoms with E-state index in [1.807, 2.05) is 18.4 Å². The summed E-state index contributed by atoms with van der Waals surface area (Å²) in [6, 6.07) is 3.72. The van der Waals surface area contributed by atoms with E-state index in [4.69, 9.17) is 4.42 Å². The molecular formula is C10H10O2S. The molecule has 3 heteroatoms. The second-order valence-corrected chi connectivity index (χ2v) is 4.01. The van der Waals surface area contributed by atoms with Crippen LogP contribution in [0.4, 0.5) is 0 Å². The Hall–Kier alpha value is -1.06. The van der Waals surface area contributed by atoms with Crippen LogP contribution in [0.1, 0.15) is 22.1 Å². The molecule has 2 aromatic rings. The maximum atomic E-state index is 9.90. The summed E-state index contributed by atoms with van der Waals surface area (Å²) in [6.07, 6.45) is 2.59. The maximum absolute atomic E-state index is 9.90. The molecular weight excluding hydrogens is 184 g/mol. The van der Waals surface area contributed by atoms with Gasteiger partial charge in [0.1, 0.15) is 6.10 Å². The zero-order chi connectivity index (χ0) is 9.26. The smallest absolute Gasteiger partial charge is 0.108 e. The van der Waals surface area contributed by atoms with Crippen molar-refractivity contribution in [1.29, 1.82) is 0 Å². The molecule has 1 unspecified atom stereocenters. The van der Waals surface area contributed by atoms with E-state index >= 15 is 0 Å². The van der Waals surface area contributed by atoms with Crippen LogP contribution in [0.5, 0.6) is 0 Å². The van der Waals surface area contributed by atoms with E-state index in [9.17, 15) is 5.11 Å². The topological polar surface area (TPSA) is 33.4 Å². The van der Waals surface area contributed by atoms with Gasteiger partial charge in [0.2, 0.25) is 0 Å². The van der Waals surface area contributed by atoms with Gasteiger partial charge in [0.25, 0.3) is 0 Å². The largest absolute Gasteiger partial charge is 0.472 e. The summed E-state index contributed by atoms with van der Waals surface area (Å²) in [6.45, 7) is 2.00. The monoisotopic (exact) mass is 194 g/mol. The molecule has 0 fully saturated rings. The Balaban J connectivity index is 2.33. The highest BCUT2D eigenvalue weighted by Crippen LogP contribution is 2.27. The number of aryl methyl sites for hydroxylation is 1. The number of hydrogen-bond donors (Lipinski definition) is 1. The van der Waals surface area contributed by atoms with Crippen molar-refractivity contribution in [3.63, 3.8) is 0 Å². The Morgan fingerprint density at radius 1 is 1.46 bits per heavy atom. The first-order valence-electron chi connectivity index (χ1n) is 4.03. The Morgan fingerprint density at radius 2 is 2.31 bits per heavy atom. The van der Waals surface area contributed by atoms with Gasteiger partial charge in [-0.3, -0.25) is 0 Å². The van der Waals surface area contributed by atoms with Gasteiger partial charge in [-0.1, -0.05) is 0 Å². The van der Waals surface area contributed by atoms with Gasteiger partial charge in [0, 0.05) is 10.4 Å². The second-order valence-electron chi connectivity index (χ2n) is 2.89. The lowest BCUT2D eigenvalue weighted by Crippen LogP contribution is -1.97.